The minimum absolute atomic E-state index is 0.287. The van der Waals surface area contributed by atoms with Crippen molar-refractivity contribution in [3.63, 3.8) is 0 Å². The number of rotatable bonds is 7. The molecule has 0 bridgehead atoms. The van der Waals surface area contributed by atoms with E-state index < -0.39 is 7.75 Å². The standard InChI is InChI=1S/C11H16BrN2O3P/c1-3-16-18(15,17-4-2)14-13-9-10-7-5-6-8-11(10)12/h5-9H,3-4H2,1-2H3,(H,14,15)/b13-9+. The number of hydrazone groups is 1. The van der Waals surface area contributed by atoms with E-state index in [1.54, 1.807) is 20.1 Å². The van der Waals surface area contributed by atoms with E-state index in [4.69, 9.17) is 9.05 Å². The van der Waals surface area contributed by atoms with Crippen LogP contribution in [0.2, 0.25) is 0 Å². The molecular formula is C11H16BrN2O3P. The number of benzene rings is 1. The van der Waals surface area contributed by atoms with Crippen molar-refractivity contribution >= 4 is 29.9 Å². The Morgan fingerprint density at radius 3 is 2.50 bits per heavy atom. The highest BCUT2D eigenvalue weighted by atomic mass is 79.9. The molecule has 0 atom stereocenters. The van der Waals surface area contributed by atoms with E-state index in [9.17, 15) is 4.57 Å². The predicted octanol–water partition coefficient (Wildman–Crippen LogP) is 3.55. The third-order valence-electron chi connectivity index (χ3n) is 1.89. The quantitative estimate of drug-likeness (QED) is 0.470. The lowest BCUT2D eigenvalue weighted by molar-refractivity contribution is 0.211. The number of hydrogen-bond acceptors (Lipinski definition) is 4. The molecule has 1 N–H and O–H groups in total. The van der Waals surface area contributed by atoms with Crippen LogP contribution in [0.25, 0.3) is 0 Å². The third-order valence-corrected chi connectivity index (χ3v) is 4.17. The Bertz CT molecular complexity index is 444. The Morgan fingerprint density at radius 1 is 1.33 bits per heavy atom. The van der Waals surface area contributed by atoms with Crippen molar-refractivity contribution in [1.29, 1.82) is 0 Å². The first kappa shape index (κ1) is 15.4. The van der Waals surface area contributed by atoms with Crippen LogP contribution in [-0.2, 0) is 13.6 Å². The molecule has 5 nitrogen and oxygen atoms in total. The molecule has 7 heteroatoms. The first-order valence-corrected chi connectivity index (χ1v) is 7.89. The monoisotopic (exact) mass is 334 g/mol. The average Bonchev–Trinajstić information content (AvgIpc) is 2.32. The maximum atomic E-state index is 12.0. The van der Waals surface area contributed by atoms with Gasteiger partial charge in [-0.15, -0.1) is 0 Å². The molecule has 1 aromatic carbocycles. The molecule has 100 valence electrons. The second-order valence-corrected chi connectivity index (χ2v) is 5.78. The van der Waals surface area contributed by atoms with Crippen molar-refractivity contribution in [2.75, 3.05) is 13.2 Å². The summed E-state index contributed by atoms with van der Waals surface area (Å²) in [5.74, 6) is 0. The summed E-state index contributed by atoms with van der Waals surface area (Å²) in [6, 6.07) is 7.56. The summed E-state index contributed by atoms with van der Waals surface area (Å²) in [4.78, 5) is 0. The molecule has 18 heavy (non-hydrogen) atoms. The molecule has 0 saturated heterocycles. The van der Waals surface area contributed by atoms with Gasteiger partial charge in [0.2, 0.25) is 0 Å². The average molecular weight is 335 g/mol. The van der Waals surface area contributed by atoms with E-state index in [1.165, 1.54) is 0 Å². The van der Waals surface area contributed by atoms with Gasteiger partial charge < -0.3 is 0 Å². The SMILES string of the molecule is CCOP(=O)(N/N=C/c1ccccc1Br)OCC. The minimum atomic E-state index is -3.33. The van der Waals surface area contributed by atoms with Crippen molar-refractivity contribution in [2.24, 2.45) is 5.10 Å². The van der Waals surface area contributed by atoms with Gasteiger partial charge in [0.25, 0.3) is 0 Å². The summed E-state index contributed by atoms with van der Waals surface area (Å²) >= 11 is 3.39. The highest BCUT2D eigenvalue weighted by molar-refractivity contribution is 9.10. The third kappa shape index (κ3) is 4.90. The summed E-state index contributed by atoms with van der Waals surface area (Å²) in [5, 5.41) is 6.33. The summed E-state index contributed by atoms with van der Waals surface area (Å²) < 4.78 is 23.0. The van der Waals surface area contributed by atoms with Crippen molar-refractivity contribution in [2.45, 2.75) is 13.8 Å². The van der Waals surface area contributed by atoms with E-state index in [-0.39, 0.29) is 13.2 Å². The molecule has 0 amide bonds. The van der Waals surface area contributed by atoms with E-state index in [1.807, 2.05) is 24.3 Å². The van der Waals surface area contributed by atoms with Crippen LogP contribution >= 0.6 is 23.7 Å². The van der Waals surface area contributed by atoms with Crippen LogP contribution in [0.4, 0.5) is 0 Å². The van der Waals surface area contributed by atoms with Crippen molar-refractivity contribution < 1.29 is 13.6 Å². The van der Waals surface area contributed by atoms with Gasteiger partial charge in [0.15, 0.2) is 0 Å². The van der Waals surface area contributed by atoms with Crippen LogP contribution in [-0.4, -0.2) is 19.4 Å². The van der Waals surface area contributed by atoms with Gasteiger partial charge in [-0.3, -0.25) is 9.05 Å². The molecule has 0 aliphatic carbocycles. The molecule has 0 aromatic heterocycles. The maximum Gasteiger partial charge on any atom is 0.448 e. The van der Waals surface area contributed by atoms with Gasteiger partial charge in [-0.1, -0.05) is 34.1 Å². The zero-order valence-electron chi connectivity index (χ0n) is 10.3. The van der Waals surface area contributed by atoms with E-state index in [2.05, 4.69) is 26.2 Å². The van der Waals surface area contributed by atoms with Gasteiger partial charge >= 0.3 is 7.75 Å². The molecule has 0 fully saturated rings. The van der Waals surface area contributed by atoms with Crippen molar-refractivity contribution in [3.05, 3.63) is 34.3 Å². The van der Waals surface area contributed by atoms with E-state index in [0.717, 1.165) is 10.0 Å². The summed E-state index contributed by atoms with van der Waals surface area (Å²) in [6.07, 6.45) is 1.55. The second-order valence-electron chi connectivity index (χ2n) is 3.21. The Labute approximate surface area is 115 Å². The van der Waals surface area contributed by atoms with Gasteiger partial charge in [-0.25, -0.2) is 9.76 Å². The first-order chi connectivity index (χ1) is 8.61. The van der Waals surface area contributed by atoms with Crippen LogP contribution < -0.4 is 5.20 Å². The zero-order valence-corrected chi connectivity index (χ0v) is 12.8. The molecule has 1 aromatic rings. The molecule has 0 radical (unpaired) electrons. The number of nitrogens with zero attached hydrogens (tertiary/aromatic N) is 1. The molecule has 1 rings (SSSR count). The van der Waals surface area contributed by atoms with Crippen molar-refractivity contribution in [1.82, 2.24) is 5.20 Å². The van der Waals surface area contributed by atoms with Crippen LogP contribution in [0.15, 0.2) is 33.8 Å². The maximum absolute atomic E-state index is 12.0. The normalized spacial score (nSPS) is 11.9. The van der Waals surface area contributed by atoms with E-state index in [0.29, 0.717) is 0 Å². The highest BCUT2D eigenvalue weighted by Crippen LogP contribution is 2.43. The molecule has 0 aliphatic rings. The lowest BCUT2D eigenvalue weighted by Crippen LogP contribution is -2.09. The molecule has 0 aliphatic heterocycles. The molecular weight excluding hydrogens is 319 g/mol. The van der Waals surface area contributed by atoms with E-state index >= 15 is 0 Å². The Hall–Kier alpha value is -0.680. The highest BCUT2D eigenvalue weighted by Gasteiger charge is 2.22. The van der Waals surface area contributed by atoms with Gasteiger partial charge in [0.05, 0.1) is 19.4 Å². The minimum Gasteiger partial charge on any atom is -0.292 e. The topological polar surface area (TPSA) is 59.9 Å². The fourth-order valence-electron chi connectivity index (χ4n) is 1.18. The van der Waals surface area contributed by atoms with Gasteiger partial charge in [0, 0.05) is 10.0 Å². The Kier molecular flexibility index (Phi) is 6.57. The smallest absolute Gasteiger partial charge is 0.292 e. The second kappa shape index (κ2) is 7.69. The Balaban J connectivity index is 2.68. The summed E-state index contributed by atoms with van der Waals surface area (Å²) in [5.41, 5.74) is 0.865. The zero-order chi connectivity index (χ0) is 13.4. The van der Waals surface area contributed by atoms with Crippen LogP contribution in [0.5, 0.6) is 0 Å². The molecule has 0 spiro atoms. The Morgan fingerprint density at radius 2 is 1.94 bits per heavy atom. The van der Waals surface area contributed by atoms with Gasteiger partial charge in [-0.2, -0.15) is 5.10 Å². The lowest BCUT2D eigenvalue weighted by Gasteiger charge is -2.14. The predicted molar refractivity (Wildman–Crippen MR) is 75.7 cm³/mol. The summed E-state index contributed by atoms with van der Waals surface area (Å²) in [7, 11) is -3.33. The fraction of sp³-hybridized carbons (Fsp3) is 0.364. The van der Waals surface area contributed by atoms with Crippen molar-refractivity contribution in [3.8, 4) is 0 Å². The number of halogens is 1. The number of hydrogen-bond donors (Lipinski definition) is 1. The van der Waals surface area contributed by atoms with Gasteiger partial charge in [0.1, 0.15) is 0 Å². The lowest BCUT2D eigenvalue weighted by atomic mass is 10.2. The largest absolute Gasteiger partial charge is 0.448 e. The number of nitrogens with one attached hydrogen (secondary N) is 1. The molecule has 0 saturated carbocycles. The van der Waals surface area contributed by atoms with Crippen LogP contribution in [0, 0.1) is 0 Å². The van der Waals surface area contributed by atoms with Gasteiger partial charge in [-0.05, 0) is 19.9 Å². The molecule has 0 heterocycles. The summed E-state index contributed by atoms with van der Waals surface area (Å²) in [6.45, 7) is 4.05. The molecule has 0 unspecified atom stereocenters. The van der Waals surface area contributed by atoms with Crippen LogP contribution in [0.1, 0.15) is 19.4 Å². The fourth-order valence-corrected chi connectivity index (χ4v) is 2.64. The first-order valence-electron chi connectivity index (χ1n) is 5.55. The van der Waals surface area contributed by atoms with Crippen LogP contribution in [0.3, 0.4) is 0 Å².